The average Bonchev–Trinajstić information content (AvgIpc) is 2.82. The maximum atomic E-state index is 12.7. The van der Waals surface area contributed by atoms with Crippen LogP contribution in [0.1, 0.15) is 38.2 Å². The second-order valence-corrected chi connectivity index (χ2v) is 8.04. The minimum atomic E-state index is -0.146. The highest BCUT2D eigenvalue weighted by Crippen LogP contribution is 2.27. The molecular formula is C19H26N4OS. The molecule has 1 aliphatic heterocycles. The van der Waals surface area contributed by atoms with Crippen LogP contribution in [-0.2, 0) is 11.8 Å². The molecule has 1 aromatic carbocycles. The standard InChI is InChI=1S/C19H26N4OS/c1-14-8-10-16(11-9-14)17-20-21-19(22(17)3)25-15(2)18(24)23-12-6-4-5-7-13-23/h8-11,15H,4-7,12-13H2,1-3H3/t15-/m1/s1. The second kappa shape index (κ2) is 8.04. The smallest absolute Gasteiger partial charge is 0.235 e. The monoisotopic (exact) mass is 358 g/mol. The highest BCUT2D eigenvalue weighted by atomic mass is 32.2. The number of likely N-dealkylation sites (tertiary alicyclic amines) is 1. The van der Waals surface area contributed by atoms with Crippen molar-refractivity contribution < 1.29 is 4.79 Å². The van der Waals surface area contributed by atoms with Crippen LogP contribution in [0.4, 0.5) is 0 Å². The van der Waals surface area contributed by atoms with Crippen LogP contribution in [0.3, 0.4) is 0 Å². The zero-order valence-corrected chi connectivity index (χ0v) is 16.1. The summed E-state index contributed by atoms with van der Waals surface area (Å²) in [5, 5.41) is 9.27. The van der Waals surface area contributed by atoms with Crippen LogP contribution in [0.2, 0.25) is 0 Å². The molecular weight excluding hydrogens is 332 g/mol. The van der Waals surface area contributed by atoms with Crippen molar-refractivity contribution in [1.29, 1.82) is 0 Å². The molecule has 2 heterocycles. The molecule has 134 valence electrons. The van der Waals surface area contributed by atoms with Crippen LogP contribution in [0.25, 0.3) is 11.4 Å². The number of nitrogens with zero attached hydrogens (tertiary/aromatic N) is 4. The third-order valence-electron chi connectivity index (χ3n) is 4.69. The summed E-state index contributed by atoms with van der Waals surface area (Å²) in [6, 6.07) is 8.25. The predicted molar refractivity (Wildman–Crippen MR) is 102 cm³/mol. The first-order valence-corrected chi connectivity index (χ1v) is 9.86. The van der Waals surface area contributed by atoms with E-state index >= 15 is 0 Å². The second-order valence-electron chi connectivity index (χ2n) is 6.73. The van der Waals surface area contributed by atoms with Gasteiger partial charge in [0.05, 0.1) is 5.25 Å². The van der Waals surface area contributed by atoms with Gasteiger partial charge in [0.15, 0.2) is 11.0 Å². The molecule has 0 unspecified atom stereocenters. The van der Waals surface area contributed by atoms with Crippen molar-refractivity contribution in [2.24, 2.45) is 7.05 Å². The van der Waals surface area contributed by atoms with E-state index in [9.17, 15) is 4.79 Å². The molecule has 6 heteroatoms. The number of benzene rings is 1. The summed E-state index contributed by atoms with van der Waals surface area (Å²) >= 11 is 1.50. The summed E-state index contributed by atoms with van der Waals surface area (Å²) in [6.45, 7) is 5.81. The van der Waals surface area contributed by atoms with E-state index in [1.54, 1.807) is 0 Å². The van der Waals surface area contributed by atoms with Gasteiger partial charge in [0.2, 0.25) is 5.91 Å². The quantitative estimate of drug-likeness (QED) is 0.783. The molecule has 1 fully saturated rings. The lowest BCUT2D eigenvalue weighted by molar-refractivity contribution is -0.130. The molecule has 5 nitrogen and oxygen atoms in total. The lowest BCUT2D eigenvalue weighted by Gasteiger charge is -2.23. The first kappa shape index (κ1) is 18.0. The van der Waals surface area contributed by atoms with Gasteiger partial charge in [0.25, 0.3) is 0 Å². The number of hydrogen-bond acceptors (Lipinski definition) is 4. The topological polar surface area (TPSA) is 51.0 Å². The van der Waals surface area contributed by atoms with Crippen molar-refractivity contribution in [3.8, 4) is 11.4 Å². The van der Waals surface area contributed by atoms with Gasteiger partial charge < -0.3 is 9.47 Å². The fraction of sp³-hybridized carbons (Fsp3) is 0.526. The van der Waals surface area contributed by atoms with E-state index in [0.29, 0.717) is 0 Å². The minimum Gasteiger partial charge on any atom is -0.342 e. The molecule has 0 bridgehead atoms. The Morgan fingerprint density at radius 1 is 1.08 bits per heavy atom. The maximum Gasteiger partial charge on any atom is 0.235 e. The van der Waals surface area contributed by atoms with Crippen molar-refractivity contribution in [1.82, 2.24) is 19.7 Å². The molecule has 25 heavy (non-hydrogen) atoms. The van der Waals surface area contributed by atoms with Crippen molar-refractivity contribution in [2.75, 3.05) is 13.1 Å². The maximum absolute atomic E-state index is 12.7. The summed E-state index contributed by atoms with van der Waals surface area (Å²) in [4.78, 5) is 14.7. The van der Waals surface area contributed by atoms with Gasteiger partial charge in [-0.05, 0) is 26.7 Å². The van der Waals surface area contributed by atoms with Crippen LogP contribution in [0.5, 0.6) is 0 Å². The molecule has 0 radical (unpaired) electrons. The van der Waals surface area contributed by atoms with E-state index in [2.05, 4.69) is 41.4 Å². The Morgan fingerprint density at radius 2 is 1.72 bits per heavy atom. The zero-order chi connectivity index (χ0) is 17.8. The summed E-state index contributed by atoms with van der Waals surface area (Å²) in [5.74, 6) is 1.05. The largest absolute Gasteiger partial charge is 0.342 e. The predicted octanol–water partition coefficient (Wildman–Crippen LogP) is 3.67. The number of thioether (sulfide) groups is 1. The number of hydrogen-bond donors (Lipinski definition) is 0. The first-order chi connectivity index (χ1) is 12.1. The van der Waals surface area contributed by atoms with E-state index in [1.807, 2.05) is 23.4 Å². The lowest BCUT2D eigenvalue weighted by Crippen LogP contribution is -2.37. The van der Waals surface area contributed by atoms with Crippen LogP contribution in [0, 0.1) is 6.92 Å². The Labute approximate surface area is 153 Å². The summed E-state index contributed by atoms with van der Waals surface area (Å²) in [7, 11) is 1.96. The summed E-state index contributed by atoms with van der Waals surface area (Å²) < 4.78 is 1.97. The van der Waals surface area contributed by atoms with Gasteiger partial charge in [0, 0.05) is 25.7 Å². The van der Waals surface area contributed by atoms with Gasteiger partial charge in [-0.1, -0.05) is 54.4 Å². The van der Waals surface area contributed by atoms with E-state index < -0.39 is 0 Å². The molecule has 0 aliphatic carbocycles. The van der Waals surface area contributed by atoms with E-state index in [4.69, 9.17) is 0 Å². The van der Waals surface area contributed by atoms with Gasteiger partial charge in [-0.3, -0.25) is 4.79 Å². The average molecular weight is 359 g/mol. The molecule has 0 saturated carbocycles. The fourth-order valence-electron chi connectivity index (χ4n) is 3.13. The number of rotatable bonds is 4. The number of carbonyl (C=O) groups excluding carboxylic acids is 1. The Morgan fingerprint density at radius 3 is 2.36 bits per heavy atom. The molecule has 0 spiro atoms. The molecule has 3 rings (SSSR count). The molecule has 1 atom stereocenters. The van der Waals surface area contributed by atoms with Crippen LogP contribution in [-0.4, -0.2) is 43.9 Å². The van der Waals surface area contributed by atoms with E-state index in [1.165, 1.54) is 30.2 Å². The first-order valence-electron chi connectivity index (χ1n) is 8.98. The molecule has 1 saturated heterocycles. The number of amides is 1. The number of aryl methyl sites for hydroxylation is 1. The highest BCUT2D eigenvalue weighted by Gasteiger charge is 2.24. The summed E-state index contributed by atoms with van der Waals surface area (Å²) in [5.41, 5.74) is 2.26. The Bertz CT molecular complexity index is 718. The fourth-order valence-corrected chi connectivity index (χ4v) is 4.03. The summed E-state index contributed by atoms with van der Waals surface area (Å²) in [6.07, 6.45) is 4.69. The molecule has 1 aliphatic rings. The Hall–Kier alpha value is -1.82. The molecule has 0 N–H and O–H groups in total. The molecule has 2 aromatic rings. The number of aromatic nitrogens is 3. The normalized spacial score (nSPS) is 16.5. The van der Waals surface area contributed by atoms with Crippen LogP contribution >= 0.6 is 11.8 Å². The minimum absolute atomic E-state index is 0.146. The lowest BCUT2D eigenvalue weighted by atomic mass is 10.1. The van der Waals surface area contributed by atoms with Gasteiger partial charge in [-0.2, -0.15) is 0 Å². The van der Waals surface area contributed by atoms with Crippen molar-refractivity contribution in [3.05, 3.63) is 29.8 Å². The Balaban J connectivity index is 1.70. The van der Waals surface area contributed by atoms with Gasteiger partial charge >= 0.3 is 0 Å². The third kappa shape index (κ3) is 4.24. The zero-order valence-electron chi connectivity index (χ0n) is 15.2. The van der Waals surface area contributed by atoms with Crippen molar-refractivity contribution in [2.45, 2.75) is 49.9 Å². The SMILES string of the molecule is Cc1ccc(-c2nnc(S[C@H](C)C(=O)N3CCCCCC3)n2C)cc1. The van der Waals surface area contributed by atoms with Gasteiger partial charge in [-0.15, -0.1) is 10.2 Å². The van der Waals surface area contributed by atoms with Gasteiger partial charge in [-0.25, -0.2) is 0 Å². The third-order valence-corrected chi connectivity index (χ3v) is 5.81. The van der Waals surface area contributed by atoms with Crippen molar-refractivity contribution >= 4 is 17.7 Å². The van der Waals surface area contributed by atoms with Crippen LogP contribution < -0.4 is 0 Å². The number of carbonyl (C=O) groups is 1. The van der Waals surface area contributed by atoms with Crippen LogP contribution in [0.15, 0.2) is 29.4 Å². The van der Waals surface area contributed by atoms with E-state index in [0.717, 1.165) is 42.5 Å². The molecule has 1 amide bonds. The highest BCUT2D eigenvalue weighted by molar-refractivity contribution is 8.00. The molecule has 1 aromatic heterocycles. The Kier molecular flexibility index (Phi) is 5.78. The van der Waals surface area contributed by atoms with Crippen molar-refractivity contribution in [3.63, 3.8) is 0 Å². The van der Waals surface area contributed by atoms with E-state index in [-0.39, 0.29) is 11.2 Å². The van der Waals surface area contributed by atoms with Gasteiger partial charge in [0.1, 0.15) is 0 Å².